The molecule has 0 atom stereocenters. The van der Waals surface area contributed by atoms with Crippen LogP contribution in [0.4, 0.5) is 0 Å². The largest absolute Gasteiger partial charge is 0.462 e. The number of piperidine rings is 1. The van der Waals surface area contributed by atoms with E-state index in [9.17, 15) is 4.79 Å². The molecule has 2 rings (SSSR count). The van der Waals surface area contributed by atoms with E-state index in [1.165, 1.54) is 0 Å². The van der Waals surface area contributed by atoms with Crippen molar-refractivity contribution in [3.8, 4) is 0 Å². The smallest absolute Gasteiger partial charge is 0.311 e. The molecule has 0 unspecified atom stereocenters. The van der Waals surface area contributed by atoms with Gasteiger partial charge in [0.15, 0.2) is 0 Å². The van der Waals surface area contributed by atoms with E-state index in [0.717, 1.165) is 39.0 Å². The highest BCUT2D eigenvalue weighted by Crippen LogP contribution is 2.12. The van der Waals surface area contributed by atoms with Gasteiger partial charge in [-0.1, -0.05) is 0 Å². The zero-order valence-corrected chi connectivity index (χ0v) is 8.94. The molecule has 0 aromatic carbocycles. The van der Waals surface area contributed by atoms with Gasteiger partial charge in [-0.05, 0) is 25.9 Å². The van der Waals surface area contributed by atoms with Crippen LogP contribution in [0.1, 0.15) is 12.8 Å². The van der Waals surface area contributed by atoms with Crippen molar-refractivity contribution in [3.63, 3.8) is 0 Å². The minimum absolute atomic E-state index is 0. The number of esters is 1. The third-order valence-corrected chi connectivity index (χ3v) is 2.68. The van der Waals surface area contributed by atoms with Crippen LogP contribution in [0.3, 0.4) is 0 Å². The number of carbonyl (C=O) groups is 1. The molecule has 2 N–H and O–H groups in total. The van der Waals surface area contributed by atoms with Crippen molar-refractivity contribution in [1.82, 2.24) is 10.6 Å². The maximum absolute atomic E-state index is 11.4. The number of hydrogen-bond donors (Lipinski definition) is 2. The summed E-state index contributed by atoms with van der Waals surface area (Å²) in [6.07, 6.45) is 2.09. The van der Waals surface area contributed by atoms with E-state index in [2.05, 4.69) is 10.6 Å². The number of rotatable bonds is 2. The van der Waals surface area contributed by atoms with Gasteiger partial charge in [-0.25, -0.2) is 0 Å². The summed E-state index contributed by atoms with van der Waals surface area (Å²) in [6.45, 7) is 3.54. The van der Waals surface area contributed by atoms with E-state index in [1.54, 1.807) is 0 Å². The molecule has 0 bridgehead atoms. The van der Waals surface area contributed by atoms with Crippen molar-refractivity contribution in [2.24, 2.45) is 5.92 Å². The molecule has 2 aliphatic heterocycles. The van der Waals surface area contributed by atoms with Crippen molar-refractivity contribution in [3.05, 3.63) is 0 Å². The predicted molar refractivity (Wildman–Crippen MR) is 55.6 cm³/mol. The Bertz CT molecular complexity index is 191. The van der Waals surface area contributed by atoms with Crippen LogP contribution in [0.25, 0.3) is 0 Å². The van der Waals surface area contributed by atoms with Gasteiger partial charge in [-0.3, -0.25) is 4.79 Å². The van der Waals surface area contributed by atoms with Gasteiger partial charge in [0, 0.05) is 13.1 Å². The van der Waals surface area contributed by atoms with Crippen LogP contribution < -0.4 is 10.6 Å². The summed E-state index contributed by atoms with van der Waals surface area (Å²) in [6, 6.07) is 0. The lowest BCUT2D eigenvalue weighted by atomic mass is 10.0. The number of carbonyl (C=O) groups excluding carboxylic acids is 1. The second-order valence-corrected chi connectivity index (χ2v) is 3.74. The third-order valence-electron chi connectivity index (χ3n) is 2.68. The molecular weight excluding hydrogens is 204 g/mol. The Morgan fingerprint density at radius 1 is 1.14 bits per heavy atom. The monoisotopic (exact) mass is 220 g/mol. The van der Waals surface area contributed by atoms with Crippen molar-refractivity contribution in [1.29, 1.82) is 0 Å². The highest BCUT2D eigenvalue weighted by molar-refractivity contribution is 5.85. The summed E-state index contributed by atoms with van der Waals surface area (Å²) in [7, 11) is 0. The minimum Gasteiger partial charge on any atom is -0.462 e. The van der Waals surface area contributed by atoms with E-state index in [4.69, 9.17) is 4.74 Å². The van der Waals surface area contributed by atoms with Gasteiger partial charge in [-0.2, -0.15) is 0 Å². The Morgan fingerprint density at radius 2 is 1.79 bits per heavy atom. The molecule has 2 saturated heterocycles. The molecule has 0 aliphatic carbocycles. The minimum atomic E-state index is -0.00866. The fraction of sp³-hybridized carbons (Fsp3) is 0.889. The van der Waals surface area contributed by atoms with Crippen LogP contribution >= 0.6 is 12.4 Å². The average molecular weight is 221 g/mol. The summed E-state index contributed by atoms with van der Waals surface area (Å²) in [4.78, 5) is 11.4. The standard InChI is InChI=1S/C9H16N2O2.ClH/c12-9(7-5-11-6-7)13-8-1-3-10-4-2-8;/h7-8,10-11H,1-6H2;1H. The zero-order valence-electron chi connectivity index (χ0n) is 8.12. The molecule has 2 fully saturated rings. The van der Waals surface area contributed by atoms with Gasteiger partial charge in [0.1, 0.15) is 6.10 Å². The highest BCUT2D eigenvalue weighted by atomic mass is 35.5. The number of hydrogen-bond acceptors (Lipinski definition) is 4. The summed E-state index contributed by atoms with van der Waals surface area (Å²) in [5, 5.41) is 6.31. The Morgan fingerprint density at radius 3 is 2.29 bits per heavy atom. The first kappa shape index (κ1) is 11.8. The molecule has 5 heteroatoms. The lowest BCUT2D eigenvalue weighted by molar-refractivity contribution is -0.156. The van der Waals surface area contributed by atoms with Crippen molar-refractivity contribution < 1.29 is 9.53 Å². The first-order valence-electron chi connectivity index (χ1n) is 4.98. The van der Waals surface area contributed by atoms with Crippen LogP contribution in [0.15, 0.2) is 0 Å². The van der Waals surface area contributed by atoms with Crippen LogP contribution in [-0.4, -0.2) is 38.3 Å². The molecular formula is C9H17ClN2O2. The molecule has 0 spiro atoms. The Labute approximate surface area is 90.2 Å². The SMILES string of the molecule is Cl.O=C(OC1CCNCC1)C1CNC1. The molecule has 82 valence electrons. The molecule has 14 heavy (non-hydrogen) atoms. The molecule has 0 aromatic heterocycles. The first-order chi connectivity index (χ1) is 6.36. The molecule has 4 nitrogen and oxygen atoms in total. The predicted octanol–water partition coefficient (Wildman–Crippen LogP) is -0.0772. The van der Waals surface area contributed by atoms with E-state index in [1.807, 2.05) is 0 Å². The zero-order chi connectivity index (χ0) is 9.10. The Hall–Kier alpha value is -0.320. The topological polar surface area (TPSA) is 50.4 Å². The van der Waals surface area contributed by atoms with Gasteiger partial charge in [0.25, 0.3) is 0 Å². The maximum Gasteiger partial charge on any atom is 0.311 e. The number of ether oxygens (including phenoxy) is 1. The summed E-state index contributed by atoms with van der Waals surface area (Å²) in [5.41, 5.74) is 0. The van der Waals surface area contributed by atoms with E-state index < -0.39 is 0 Å². The normalized spacial score (nSPS) is 23.4. The summed E-state index contributed by atoms with van der Waals surface area (Å²) < 4.78 is 5.38. The van der Waals surface area contributed by atoms with Crippen molar-refractivity contribution in [2.75, 3.05) is 26.2 Å². The lowest BCUT2D eigenvalue weighted by Gasteiger charge is -2.29. The van der Waals surface area contributed by atoms with E-state index in [0.29, 0.717) is 0 Å². The fourth-order valence-corrected chi connectivity index (χ4v) is 1.63. The van der Waals surface area contributed by atoms with Crippen molar-refractivity contribution in [2.45, 2.75) is 18.9 Å². The van der Waals surface area contributed by atoms with Crippen molar-refractivity contribution >= 4 is 18.4 Å². The molecule has 0 saturated carbocycles. The van der Waals surface area contributed by atoms with Crippen LogP contribution in [0.2, 0.25) is 0 Å². The van der Waals surface area contributed by atoms with Crippen LogP contribution in [-0.2, 0) is 9.53 Å². The highest BCUT2D eigenvalue weighted by Gasteiger charge is 2.28. The van der Waals surface area contributed by atoms with Gasteiger partial charge in [0.2, 0.25) is 0 Å². The second-order valence-electron chi connectivity index (χ2n) is 3.74. The molecule has 2 aliphatic rings. The first-order valence-corrected chi connectivity index (χ1v) is 4.98. The van der Waals surface area contributed by atoms with Crippen LogP contribution in [0.5, 0.6) is 0 Å². The maximum atomic E-state index is 11.4. The average Bonchev–Trinajstić information content (AvgIpc) is 2.02. The molecule has 2 heterocycles. The second kappa shape index (κ2) is 5.53. The molecule has 0 radical (unpaired) electrons. The summed E-state index contributed by atoms with van der Waals surface area (Å²) >= 11 is 0. The van der Waals surface area contributed by atoms with Gasteiger partial charge < -0.3 is 15.4 Å². The quantitative estimate of drug-likeness (QED) is 0.640. The fourth-order valence-electron chi connectivity index (χ4n) is 1.63. The number of halogens is 1. The van der Waals surface area contributed by atoms with Gasteiger partial charge in [-0.15, -0.1) is 12.4 Å². The summed E-state index contributed by atoms with van der Waals surface area (Å²) in [5.74, 6) is 0.112. The number of nitrogens with one attached hydrogen (secondary N) is 2. The lowest BCUT2D eigenvalue weighted by Crippen LogP contribution is -2.48. The Balaban J connectivity index is 0.000000980. The molecule has 0 aromatic rings. The molecule has 0 amide bonds. The van der Waals surface area contributed by atoms with Gasteiger partial charge >= 0.3 is 5.97 Å². The van der Waals surface area contributed by atoms with Crippen LogP contribution in [0, 0.1) is 5.92 Å². The Kier molecular flexibility index (Phi) is 4.65. The van der Waals surface area contributed by atoms with E-state index in [-0.39, 0.29) is 30.4 Å². The van der Waals surface area contributed by atoms with E-state index >= 15 is 0 Å². The van der Waals surface area contributed by atoms with Gasteiger partial charge in [0.05, 0.1) is 5.92 Å². The third kappa shape index (κ3) is 2.83.